The molecule has 2 N–H and O–H groups in total. The van der Waals surface area contributed by atoms with Crippen LogP contribution in [0.1, 0.15) is 24.8 Å². The molecule has 1 amide bonds. The number of hydrogen-bond donors (Lipinski definition) is 1. The number of Topliss-reactive ketones (excluding diaryl/α,β-unsaturated/α-hetero) is 1. The zero-order valence-electron chi connectivity index (χ0n) is 17.6. The Morgan fingerprint density at radius 3 is 2.48 bits per heavy atom. The second-order valence-electron chi connectivity index (χ2n) is 8.12. The topological polar surface area (TPSA) is 90.4 Å². The van der Waals surface area contributed by atoms with Crippen LogP contribution in [-0.2, 0) is 15.0 Å². The summed E-state index contributed by atoms with van der Waals surface area (Å²) < 4.78 is 14.9. The summed E-state index contributed by atoms with van der Waals surface area (Å²) in [6.45, 7) is -0.0238. The number of rotatable bonds is 2. The van der Waals surface area contributed by atoms with E-state index in [9.17, 15) is 19.2 Å². The quantitative estimate of drug-likeness (QED) is 0.727. The number of allylic oxidation sites excluding steroid dienone is 1. The van der Waals surface area contributed by atoms with Crippen molar-refractivity contribution in [2.45, 2.75) is 24.7 Å². The summed E-state index contributed by atoms with van der Waals surface area (Å²) in [6, 6.07) is 15.1. The highest BCUT2D eigenvalue weighted by Crippen LogP contribution is 2.56. The Morgan fingerprint density at radius 1 is 1.09 bits per heavy atom. The number of terminal acetylenes is 1. The largest absolute Gasteiger partial charge is 0.384 e. The van der Waals surface area contributed by atoms with Gasteiger partial charge in [0.2, 0.25) is 5.91 Å². The number of carbonyl (C=O) groups excluding carboxylic acids is 2. The minimum atomic E-state index is -1.71. The van der Waals surface area contributed by atoms with Crippen LogP contribution in [0.2, 0.25) is 0 Å². The second-order valence-corrected chi connectivity index (χ2v) is 8.12. The van der Waals surface area contributed by atoms with Crippen LogP contribution in [-0.4, -0.2) is 18.2 Å². The predicted octanol–water partition coefficient (Wildman–Crippen LogP) is 3.26. The Hall–Kier alpha value is -4.36. The maximum absolute atomic E-state index is 14.9. The van der Waals surface area contributed by atoms with Crippen LogP contribution in [0.25, 0.3) is 0 Å². The van der Waals surface area contributed by atoms with Gasteiger partial charge in [-0.15, -0.1) is 6.42 Å². The van der Waals surface area contributed by atoms with Crippen molar-refractivity contribution in [1.82, 2.24) is 0 Å². The summed E-state index contributed by atoms with van der Waals surface area (Å²) in [5, 5.41) is 10.3. The van der Waals surface area contributed by atoms with Crippen molar-refractivity contribution in [3.8, 4) is 18.4 Å². The van der Waals surface area contributed by atoms with E-state index in [2.05, 4.69) is 12.0 Å². The number of benzene rings is 2. The highest BCUT2D eigenvalue weighted by atomic mass is 19.1. The molecule has 7 heteroatoms. The maximum atomic E-state index is 14.9. The summed E-state index contributed by atoms with van der Waals surface area (Å²) in [6.07, 6.45) is 6.69. The van der Waals surface area contributed by atoms with Crippen molar-refractivity contribution in [3.63, 3.8) is 0 Å². The van der Waals surface area contributed by atoms with E-state index in [1.807, 2.05) is 0 Å². The van der Waals surface area contributed by atoms with Crippen molar-refractivity contribution >= 4 is 23.1 Å². The average molecular weight is 438 g/mol. The zero-order valence-corrected chi connectivity index (χ0v) is 17.6. The molecule has 0 radical (unpaired) electrons. The van der Waals surface area contributed by atoms with Crippen LogP contribution in [0.15, 0.2) is 71.2 Å². The van der Waals surface area contributed by atoms with Crippen molar-refractivity contribution in [2.24, 2.45) is 5.73 Å². The Kier molecular flexibility index (Phi) is 4.58. The standard InChI is InChI=1S/C26H19FN4O2/c1-2-14-30-19-10-5-3-8-16(19)26(25(30)33)17(15-28)24(29)31(20-11-6-4-9-18(20)27)21-12-7-13-22(32)23(21)26/h1,3-6,8-11H,7,12-14,29H2. The van der Waals surface area contributed by atoms with E-state index >= 15 is 0 Å². The summed E-state index contributed by atoms with van der Waals surface area (Å²) in [7, 11) is 0. The number of hydrogen-bond acceptors (Lipinski definition) is 5. The predicted molar refractivity (Wildman–Crippen MR) is 121 cm³/mol. The van der Waals surface area contributed by atoms with E-state index in [0.717, 1.165) is 0 Å². The molecule has 2 aromatic rings. The van der Waals surface area contributed by atoms with Crippen LogP contribution in [0.4, 0.5) is 15.8 Å². The number of ketones is 1. The van der Waals surface area contributed by atoms with E-state index in [1.54, 1.807) is 36.4 Å². The summed E-state index contributed by atoms with van der Waals surface area (Å²) in [4.78, 5) is 30.4. The third-order valence-corrected chi connectivity index (χ3v) is 6.52. The molecule has 2 aliphatic heterocycles. The average Bonchev–Trinajstić information content (AvgIpc) is 3.05. The van der Waals surface area contributed by atoms with Gasteiger partial charge < -0.3 is 5.73 Å². The molecule has 162 valence electrons. The summed E-state index contributed by atoms with van der Waals surface area (Å²) >= 11 is 0. The van der Waals surface area contributed by atoms with Crippen LogP contribution in [0, 0.1) is 29.5 Å². The molecular weight excluding hydrogens is 419 g/mol. The first-order valence-corrected chi connectivity index (χ1v) is 10.5. The number of halogens is 1. The Morgan fingerprint density at radius 2 is 1.79 bits per heavy atom. The molecule has 1 unspecified atom stereocenters. The fourth-order valence-corrected chi connectivity index (χ4v) is 5.28. The molecule has 0 fully saturated rings. The Balaban J connectivity index is 1.91. The van der Waals surface area contributed by atoms with E-state index in [0.29, 0.717) is 29.8 Å². The molecule has 1 aliphatic carbocycles. The lowest BCUT2D eigenvalue weighted by atomic mass is 9.64. The number of fused-ring (bicyclic) bond motifs is 3. The highest BCUT2D eigenvalue weighted by molar-refractivity contribution is 6.20. The molecule has 3 aliphatic rings. The Labute approximate surface area is 190 Å². The Bertz CT molecular complexity index is 1380. The number of para-hydroxylation sites is 2. The van der Waals surface area contributed by atoms with Gasteiger partial charge in [-0.1, -0.05) is 36.3 Å². The zero-order chi connectivity index (χ0) is 23.3. The maximum Gasteiger partial charge on any atom is 0.248 e. The first-order valence-electron chi connectivity index (χ1n) is 10.5. The number of amides is 1. The number of nitrogens with zero attached hydrogens (tertiary/aromatic N) is 3. The molecule has 5 rings (SSSR count). The molecule has 1 atom stereocenters. The minimum absolute atomic E-state index is 0.0238. The fourth-order valence-electron chi connectivity index (χ4n) is 5.28. The molecule has 2 heterocycles. The first-order chi connectivity index (χ1) is 16.0. The van der Waals surface area contributed by atoms with Gasteiger partial charge in [0.1, 0.15) is 23.1 Å². The third-order valence-electron chi connectivity index (χ3n) is 6.52. The molecule has 0 saturated carbocycles. The number of nitriles is 1. The lowest BCUT2D eigenvalue weighted by Crippen LogP contribution is -2.52. The van der Waals surface area contributed by atoms with E-state index in [-0.39, 0.29) is 41.4 Å². The normalized spacial score (nSPS) is 21.8. The first kappa shape index (κ1) is 20.5. The van der Waals surface area contributed by atoms with Gasteiger partial charge in [-0.05, 0) is 31.0 Å². The van der Waals surface area contributed by atoms with Crippen LogP contribution >= 0.6 is 0 Å². The molecular formula is C26H19FN4O2. The molecule has 1 spiro atoms. The second kappa shape index (κ2) is 7.36. The molecule has 6 nitrogen and oxygen atoms in total. The molecule has 0 aromatic heterocycles. The minimum Gasteiger partial charge on any atom is -0.384 e. The van der Waals surface area contributed by atoms with Crippen LogP contribution in [0.3, 0.4) is 0 Å². The van der Waals surface area contributed by atoms with E-state index < -0.39 is 17.1 Å². The smallest absolute Gasteiger partial charge is 0.248 e. The van der Waals surface area contributed by atoms with Crippen LogP contribution in [0.5, 0.6) is 0 Å². The number of anilines is 2. The lowest BCUT2D eigenvalue weighted by Gasteiger charge is -2.43. The van der Waals surface area contributed by atoms with Gasteiger partial charge in [0.25, 0.3) is 0 Å². The fraction of sp³-hybridized carbons (Fsp3) is 0.192. The van der Waals surface area contributed by atoms with Gasteiger partial charge >= 0.3 is 0 Å². The number of carbonyl (C=O) groups is 2. The van der Waals surface area contributed by atoms with Gasteiger partial charge in [-0.25, -0.2) is 4.39 Å². The summed E-state index contributed by atoms with van der Waals surface area (Å²) in [5.41, 5.74) is 6.50. The summed E-state index contributed by atoms with van der Waals surface area (Å²) in [5.74, 6) is 1.12. The van der Waals surface area contributed by atoms with Crippen molar-refractivity contribution in [1.29, 1.82) is 5.26 Å². The van der Waals surface area contributed by atoms with Gasteiger partial charge in [0, 0.05) is 28.9 Å². The van der Waals surface area contributed by atoms with E-state index in [1.165, 1.54) is 21.9 Å². The van der Waals surface area contributed by atoms with Gasteiger partial charge in [-0.2, -0.15) is 5.26 Å². The highest BCUT2D eigenvalue weighted by Gasteiger charge is 2.62. The van der Waals surface area contributed by atoms with Crippen LogP contribution < -0.4 is 15.5 Å². The molecule has 2 aromatic carbocycles. The molecule has 0 bridgehead atoms. The van der Waals surface area contributed by atoms with Gasteiger partial charge in [0.15, 0.2) is 5.78 Å². The third kappa shape index (κ3) is 2.54. The van der Waals surface area contributed by atoms with Crippen molar-refractivity contribution in [3.05, 3.63) is 82.6 Å². The number of nitrogens with two attached hydrogens (primary N) is 1. The van der Waals surface area contributed by atoms with Gasteiger partial charge in [0.05, 0.1) is 17.8 Å². The van der Waals surface area contributed by atoms with E-state index in [4.69, 9.17) is 12.2 Å². The van der Waals surface area contributed by atoms with Gasteiger partial charge in [-0.3, -0.25) is 19.4 Å². The van der Waals surface area contributed by atoms with Crippen molar-refractivity contribution < 1.29 is 14.0 Å². The SMILES string of the molecule is C#CCN1C(=O)C2(C(C#N)=C(N)N(c3ccccc3F)C3=C2C(=O)CCC3)c2ccccc21. The lowest BCUT2D eigenvalue weighted by molar-refractivity contribution is -0.124. The van der Waals surface area contributed by atoms with Crippen molar-refractivity contribution in [2.75, 3.05) is 16.3 Å². The molecule has 0 saturated heterocycles. The molecule has 33 heavy (non-hydrogen) atoms. The monoisotopic (exact) mass is 438 g/mol.